The minimum atomic E-state index is -0.0868. The Morgan fingerprint density at radius 2 is 1.96 bits per heavy atom. The van der Waals surface area contributed by atoms with Crippen molar-refractivity contribution in [3.8, 4) is 10.8 Å². The van der Waals surface area contributed by atoms with Crippen LogP contribution >= 0.6 is 11.3 Å². The van der Waals surface area contributed by atoms with Gasteiger partial charge in [0.05, 0.1) is 29.8 Å². The van der Waals surface area contributed by atoms with Gasteiger partial charge in [-0.05, 0) is 28.3 Å². The van der Waals surface area contributed by atoms with E-state index >= 15 is 0 Å². The van der Waals surface area contributed by atoms with E-state index in [2.05, 4.69) is 22.4 Å². The Kier molecular flexibility index (Phi) is 4.18. The van der Waals surface area contributed by atoms with Crippen LogP contribution in [0.2, 0.25) is 0 Å². The molecule has 5 aromatic rings. The van der Waals surface area contributed by atoms with Gasteiger partial charge in [0.15, 0.2) is 0 Å². The molecular formula is C22H16N2O3S. The normalized spacial score (nSPS) is 11.3. The van der Waals surface area contributed by atoms with Gasteiger partial charge in [-0.2, -0.15) is 0 Å². The van der Waals surface area contributed by atoms with Gasteiger partial charge in [0.1, 0.15) is 11.8 Å². The van der Waals surface area contributed by atoms with Crippen molar-refractivity contribution in [1.29, 1.82) is 0 Å². The van der Waals surface area contributed by atoms with Crippen LogP contribution in [0.15, 0.2) is 75.3 Å². The van der Waals surface area contributed by atoms with E-state index in [1.165, 1.54) is 0 Å². The first kappa shape index (κ1) is 16.8. The highest BCUT2D eigenvalue weighted by Gasteiger charge is 2.14. The Morgan fingerprint density at radius 1 is 1.04 bits per heavy atom. The van der Waals surface area contributed by atoms with Gasteiger partial charge in [-0.3, -0.25) is 4.79 Å². The van der Waals surface area contributed by atoms with Crippen LogP contribution in [0.5, 0.6) is 0 Å². The number of thiophene rings is 1. The average Bonchev–Trinajstić information content (AvgIpc) is 3.47. The number of hydrogen-bond donors (Lipinski definition) is 1. The van der Waals surface area contributed by atoms with Crippen molar-refractivity contribution in [3.63, 3.8) is 0 Å². The third-order valence-corrected chi connectivity index (χ3v) is 5.50. The molecule has 2 aromatic carbocycles. The molecule has 1 amide bonds. The van der Waals surface area contributed by atoms with Crippen LogP contribution in [-0.4, -0.2) is 10.9 Å². The SMILES string of the molecule is O=C(Cc1coc2ccc3ccccc3c12)NCc1coc(-c2cccs2)n1. The first-order valence-electron chi connectivity index (χ1n) is 8.91. The van der Waals surface area contributed by atoms with Crippen LogP contribution < -0.4 is 5.32 Å². The minimum absolute atomic E-state index is 0.0868. The fourth-order valence-corrected chi connectivity index (χ4v) is 3.99. The van der Waals surface area contributed by atoms with E-state index in [9.17, 15) is 4.79 Å². The molecule has 0 unspecified atom stereocenters. The number of amides is 1. The zero-order chi connectivity index (χ0) is 18.9. The van der Waals surface area contributed by atoms with E-state index in [0.717, 1.165) is 32.2 Å². The summed E-state index contributed by atoms with van der Waals surface area (Å²) >= 11 is 1.56. The molecule has 3 heterocycles. The maximum atomic E-state index is 12.5. The number of nitrogens with zero attached hydrogens (tertiary/aromatic N) is 1. The predicted molar refractivity (Wildman–Crippen MR) is 109 cm³/mol. The highest BCUT2D eigenvalue weighted by atomic mass is 32.1. The van der Waals surface area contributed by atoms with Crippen molar-refractivity contribution in [3.05, 3.63) is 77.7 Å². The number of carbonyl (C=O) groups excluding carboxylic acids is 1. The lowest BCUT2D eigenvalue weighted by Gasteiger charge is -2.04. The highest BCUT2D eigenvalue weighted by molar-refractivity contribution is 7.13. The van der Waals surface area contributed by atoms with Crippen molar-refractivity contribution in [2.75, 3.05) is 0 Å². The van der Waals surface area contributed by atoms with Crippen LogP contribution in [0.25, 0.3) is 32.5 Å². The Bertz CT molecular complexity index is 1270. The number of aromatic nitrogens is 1. The molecule has 0 fully saturated rings. The minimum Gasteiger partial charge on any atom is -0.464 e. The van der Waals surface area contributed by atoms with Gasteiger partial charge in [-0.15, -0.1) is 11.3 Å². The molecule has 0 aliphatic rings. The van der Waals surface area contributed by atoms with Gasteiger partial charge < -0.3 is 14.2 Å². The molecule has 0 bridgehead atoms. The molecule has 0 spiro atoms. The second kappa shape index (κ2) is 6.98. The average molecular weight is 388 g/mol. The van der Waals surface area contributed by atoms with E-state index in [0.29, 0.717) is 18.1 Å². The Balaban J connectivity index is 1.32. The molecule has 28 heavy (non-hydrogen) atoms. The van der Waals surface area contributed by atoms with Crippen molar-refractivity contribution < 1.29 is 13.6 Å². The fraction of sp³-hybridized carbons (Fsp3) is 0.0909. The number of fused-ring (bicyclic) bond motifs is 3. The third kappa shape index (κ3) is 3.08. The van der Waals surface area contributed by atoms with Crippen molar-refractivity contribution >= 4 is 39.0 Å². The molecule has 5 rings (SSSR count). The summed E-state index contributed by atoms with van der Waals surface area (Å²) in [5, 5.41) is 8.09. The topological polar surface area (TPSA) is 68.3 Å². The zero-order valence-electron chi connectivity index (χ0n) is 14.8. The number of hydrogen-bond acceptors (Lipinski definition) is 5. The zero-order valence-corrected chi connectivity index (χ0v) is 15.7. The van der Waals surface area contributed by atoms with E-state index in [1.807, 2.05) is 41.8 Å². The summed E-state index contributed by atoms with van der Waals surface area (Å²) in [6.07, 6.45) is 3.49. The van der Waals surface area contributed by atoms with E-state index in [-0.39, 0.29) is 12.3 Å². The third-order valence-electron chi connectivity index (χ3n) is 4.64. The lowest BCUT2D eigenvalue weighted by Crippen LogP contribution is -2.24. The molecule has 0 aliphatic heterocycles. The van der Waals surface area contributed by atoms with Crippen LogP contribution in [0.1, 0.15) is 11.3 Å². The largest absolute Gasteiger partial charge is 0.464 e. The number of rotatable bonds is 5. The lowest BCUT2D eigenvalue weighted by atomic mass is 10.0. The molecule has 0 radical (unpaired) electrons. The maximum Gasteiger partial charge on any atom is 0.236 e. The van der Waals surface area contributed by atoms with Gasteiger partial charge in [0.25, 0.3) is 0 Å². The first-order chi connectivity index (χ1) is 13.8. The lowest BCUT2D eigenvalue weighted by molar-refractivity contribution is -0.120. The van der Waals surface area contributed by atoms with Crippen LogP contribution in [-0.2, 0) is 17.8 Å². The molecule has 3 aromatic heterocycles. The summed E-state index contributed by atoms with van der Waals surface area (Å²) in [7, 11) is 0. The van der Waals surface area contributed by atoms with Crippen molar-refractivity contribution in [1.82, 2.24) is 10.3 Å². The van der Waals surface area contributed by atoms with Gasteiger partial charge in [-0.25, -0.2) is 4.98 Å². The van der Waals surface area contributed by atoms with Crippen LogP contribution in [0.3, 0.4) is 0 Å². The van der Waals surface area contributed by atoms with Gasteiger partial charge >= 0.3 is 0 Å². The number of furan rings is 1. The highest BCUT2D eigenvalue weighted by Crippen LogP contribution is 2.30. The number of carbonyl (C=O) groups is 1. The standard InChI is InChI=1S/C22H16N2O3S/c25-20(23-11-16-13-27-22(24-16)19-6-3-9-28-19)10-15-12-26-18-8-7-14-4-1-2-5-17(14)21(15)18/h1-9,12-13H,10-11H2,(H,23,25). The number of benzene rings is 2. The second-order valence-electron chi connectivity index (χ2n) is 6.50. The Hall–Kier alpha value is -3.38. The molecule has 0 atom stereocenters. The Morgan fingerprint density at radius 3 is 2.86 bits per heavy atom. The molecule has 1 N–H and O–H groups in total. The molecule has 0 saturated heterocycles. The van der Waals surface area contributed by atoms with Crippen molar-refractivity contribution in [2.45, 2.75) is 13.0 Å². The summed E-state index contributed by atoms with van der Waals surface area (Å²) in [6, 6.07) is 16.0. The van der Waals surface area contributed by atoms with Crippen LogP contribution in [0.4, 0.5) is 0 Å². The quantitative estimate of drug-likeness (QED) is 0.451. The van der Waals surface area contributed by atoms with Crippen LogP contribution in [0, 0.1) is 0 Å². The molecular weight excluding hydrogens is 372 g/mol. The summed E-state index contributed by atoms with van der Waals surface area (Å²) < 4.78 is 11.1. The molecule has 138 valence electrons. The number of nitrogens with one attached hydrogen (secondary N) is 1. The summed E-state index contributed by atoms with van der Waals surface area (Å²) in [5.41, 5.74) is 2.36. The summed E-state index contributed by atoms with van der Waals surface area (Å²) in [6.45, 7) is 0.324. The maximum absolute atomic E-state index is 12.5. The fourth-order valence-electron chi connectivity index (χ4n) is 3.33. The van der Waals surface area contributed by atoms with E-state index in [4.69, 9.17) is 8.83 Å². The predicted octanol–water partition coefficient (Wildman–Crippen LogP) is 5.16. The second-order valence-corrected chi connectivity index (χ2v) is 7.44. The smallest absolute Gasteiger partial charge is 0.236 e. The van der Waals surface area contributed by atoms with Gasteiger partial charge in [0.2, 0.25) is 11.8 Å². The van der Waals surface area contributed by atoms with Gasteiger partial charge in [-0.1, -0.05) is 36.4 Å². The monoisotopic (exact) mass is 388 g/mol. The summed E-state index contributed by atoms with van der Waals surface area (Å²) in [5.74, 6) is 0.489. The Labute approximate surface area is 164 Å². The van der Waals surface area contributed by atoms with E-state index < -0.39 is 0 Å². The first-order valence-corrected chi connectivity index (χ1v) is 9.79. The molecule has 5 nitrogen and oxygen atoms in total. The molecule has 0 saturated carbocycles. The van der Waals surface area contributed by atoms with E-state index in [1.54, 1.807) is 23.9 Å². The van der Waals surface area contributed by atoms with Gasteiger partial charge in [0, 0.05) is 10.9 Å². The summed E-state index contributed by atoms with van der Waals surface area (Å²) in [4.78, 5) is 17.9. The molecule has 0 aliphatic carbocycles. The molecule has 6 heteroatoms. The number of oxazole rings is 1. The van der Waals surface area contributed by atoms with Crippen molar-refractivity contribution in [2.24, 2.45) is 0 Å².